The van der Waals surface area contributed by atoms with E-state index >= 15 is 0 Å². The maximum absolute atomic E-state index is 10.2. The number of nitrogens with one attached hydrogen (secondary N) is 1. The van der Waals surface area contributed by atoms with Crippen molar-refractivity contribution in [2.75, 3.05) is 0 Å². The Morgan fingerprint density at radius 1 is 1.50 bits per heavy atom. The number of primary amides is 1. The van der Waals surface area contributed by atoms with Crippen molar-refractivity contribution in [2.45, 2.75) is 0 Å². The molecule has 0 spiro atoms. The number of carbonyl (C=O) groups excluding carboxylic acids is 1. The lowest BCUT2D eigenvalue weighted by molar-refractivity contribution is 0.249. The van der Waals surface area contributed by atoms with Crippen LogP contribution in [0.2, 0.25) is 0 Å². The van der Waals surface area contributed by atoms with Crippen LogP contribution in [0.1, 0.15) is 5.56 Å². The molecule has 0 fully saturated rings. The molecule has 0 aliphatic rings. The number of phenols is 2. The van der Waals surface area contributed by atoms with Crippen LogP contribution in [0.25, 0.3) is 0 Å². The van der Waals surface area contributed by atoms with Crippen LogP contribution in [0.15, 0.2) is 23.3 Å². The van der Waals surface area contributed by atoms with Crippen LogP contribution in [0.3, 0.4) is 0 Å². The SMILES string of the molecule is NC(=O)N/N=C\c1ccc(O)cc1O. The summed E-state index contributed by atoms with van der Waals surface area (Å²) < 4.78 is 0. The molecule has 0 aliphatic carbocycles. The van der Waals surface area contributed by atoms with E-state index in [-0.39, 0.29) is 11.5 Å². The van der Waals surface area contributed by atoms with Crippen LogP contribution in [0.4, 0.5) is 4.79 Å². The molecule has 1 aromatic carbocycles. The second-order valence-electron chi connectivity index (χ2n) is 2.48. The minimum Gasteiger partial charge on any atom is -0.508 e. The van der Waals surface area contributed by atoms with E-state index in [1.165, 1.54) is 18.3 Å². The van der Waals surface area contributed by atoms with Crippen molar-refractivity contribution in [2.24, 2.45) is 10.8 Å². The minimum atomic E-state index is -0.792. The number of hydrazone groups is 1. The van der Waals surface area contributed by atoms with Crippen LogP contribution in [0, 0.1) is 0 Å². The Morgan fingerprint density at radius 2 is 2.21 bits per heavy atom. The standard InChI is InChI=1S/C8H9N3O3/c9-8(14)11-10-4-5-1-2-6(12)3-7(5)13/h1-4,12-13H,(H3,9,11,14)/b10-4-. The molecule has 1 rings (SSSR count). The van der Waals surface area contributed by atoms with E-state index in [0.717, 1.165) is 6.07 Å². The summed E-state index contributed by atoms with van der Waals surface area (Å²) in [6.07, 6.45) is 1.21. The Kier molecular flexibility index (Phi) is 2.90. The lowest BCUT2D eigenvalue weighted by Gasteiger charge is -1.98. The topological polar surface area (TPSA) is 108 Å². The van der Waals surface area contributed by atoms with Crippen LogP contribution < -0.4 is 11.2 Å². The summed E-state index contributed by atoms with van der Waals surface area (Å²) in [6, 6.07) is 3.19. The highest BCUT2D eigenvalue weighted by Crippen LogP contribution is 2.20. The largest absolute Gasteiger partial charge is 0.508 e. The van der Waals surface area contributed by atoms with Gasteiger partial charge < -0.3 is 15.9 Å². The first kappa shape index (κ1) is 9.85. The number of rotatable bonds is 2. The fraction of sp³-hybridized carbons (Fsp3) is 0. The predicted molar refractivity (Wildman–Crippen MR) is 50.1 cm³/mol. The number of hydrogen-bond acceptors (Lipinski definition) is 4. The highest BCUT2D eigenvalue weighted by Gasteiger charge is 1.98. The Bertz CT molecular complexity index is 376. The first-order chi connectivity index (χ1) is 6.59. The van der Waals surface area contributed by atoms with Crippen molar-refractivity contribution in [3.63, 3.8) is 0 Å². The number of hydrogen-bond donors (Lipinski definition) is 4. The molecule has 0 aromatic heterocycles. The van der Waals surface area contributed by atoms with Gasteiger partial charge in [-0.3, -0.25) is 0 Å². The normalized spacial score (nSPS) is 10.3. The van der Waals surface area contributed by atoms with Crippen LogP contribution in [-0.4, -0.2) is 22.5 Å². The first-order valence-corrected chi connectivity index (χ1v) is 3.70. The van der Waals surface area contributed by atoms with Gasteiger partial charge in [-0.25, -0.2) is 10.2 Å². The van der Waals surface area contributed by atoms with Gasteiger partial charge in [0, 0.05) is 11.6 Å². The molecular formula is C8H9N3O3. The molecule has 2 amide bonds. The van der Waals surface area contributed by atoms with Gasteiger partial charge in [-0.05, 0) is 12.1 Å². The molecule has 0 bridgehead atoms. The number of carbonyl (C=O) groups is 1. The van der Waals surface area contributed by atoms with Gasteiger partial charge >= 0.3 is 6.03 Å². The van der Waals surface area contributed by atoms with Gasteiger partial charge in [-0.2, -0.15) is 5.10 Å². The van der Waals surface area contributed by atoms with Crippen LogP contribution in [0.5, 0.6) is 11.5 Å². The van der Waals surface area contributed by atoms with E-state index in [4.69, 9.17) is 10.8 Å². The molecule has 14 heavy (non-hydrogen) atoms. The summed E-state index contributed by atoms with van der Waals surface area (Å²) in [5, 5.41) is 21.7. The van der Waals surface area contributed by atoms with Crippen molar-refractivity contribution in [1.29, 1.82) is 0 Å². The van der Waals surface area contributed by atoms with Crippen molar-refractivity contribution in [1.82, 2.24) is 5.43 Å². The molecule has 6 heteroatoms. The van der Waals surface area contributed by atoms with Gasteiger partial charge in [-0.1, -0.05) is 0 Å². The molecule has 1 aromatic rings. The van der Waals surface area contributed by atoms with Crippen molar-refractivity contribution in [3.05, 3.63) is 23.8 Å². The summed E-state index contributed by atoms with van der Waals surface area (Å²) in [4.78, 5) is 10.2. The Morgan fingerprint density at radius 3 is 2.79 bits per heavy atom. The quantitative estimate of drug-likeness (QED) is 0.397. The summed E-state index contributed by atoms with van der Waals surface area (Å²) in [6.45, 7) is 0. The molecule has 74 valence electrons. The summed E-state index contributed by atoms with van der Waals surface area (Å²) in [5.41, 5.74) is 7.08. The molecular weight excluding hydrogens is 186 g/mol. The predicted octanol–water partition coefficient (Wildman–Crippen LogP) is 0.1000. The highest BCUT2D eigenvalue weighted by atomic mass is 16.3. The molecule has 0 saturated carbocycles. The average molecular weight is 195 g/mol. The van der Waals surface area contributed by atoms with Crippen molar-refractivity contribution < 1.29 is 15.0 Å². The summed E-state index contributed by atoms with van der Waals surface area (Å²) in [7, 11) is 0. The van der Waals surface area contributed by atoms with Crippen molar-refractivity contribution >= 4 is 12.2 Å². The highest BCUT2D eigenvalue weighted by molar-refractivity contribution is 5.84. The van der Waals surface area contributed by atoms with Crippen LogP contribution in [-0.2, 0) is 0 Å². The molecule has 0 atom stereocenters. The van der Waals surface area contributed by atoms with E-state index < -0.39 is 6.03 Å². The monoisotopic (exact) mass is 195 g/mol. The average Bonchev–Trinajstić information content (AvgIpc) is 2.08. The Balaban J connectivity index is 2.76. The van der Waals surface area contributed by atoms with Crippen LogP contribution >= 0.6 is 0 Å². The number of benzene rings is 1. The molecule has 0 saturated heterocycles. The first-order valence-electron chi connectivity index (χ1n) is 3.70. The number of nitrogens with zero attached hydrogens (tertiary/aromatic N) is 1. The second kappa shape index (κ2) is 4.13. The van der Waals surface area contributed by atoms with E-state index in [1.54, 1.807) is 0 Å². The van der Waals surface area contributed by atoms with Gasteiger partial charge in [0.25, 0.3) is 0 Å². The fourth-order valence-electron chi connectivity index (χ4n) is 0.807. The number of aromatic hydroxyl groups is 2. The van der Waals surface area contributed by atoms with Crippen molar-refractivity contribution in [3.8, 4) is 11.5 Å². The third-order valence-corrected chi connectivity index (χ3v) is 1.39. The second-order valence-corrected chi connectivity index (χ2v) is 2.48. The van der Waals surface area contributed by atoms with Gasteiger partial charge in [0.05, 0.1) is 6.21 Å². The molecule has 6 nitrogen and oxygen atoms in total. The zero-order valence-corrected chi connectivity index (χ0v) is 7.14. The molecule has 5 N–H and O–H groups in total. The lowest BCUT2D eigenvalue weighted by atomic mass is 10.2. The van der Waals surface area contributed by atoms with E-state index in [1.807, 2.05) is 5.43 Å². The maximum atomic E-state index is 10.2. The smallest absolute Gasteiger partial charge is 0.332 e. The Labute approximate surface area is 79.7 Å². The van der Waals surface area contributed by atoms with E-state index in [2.05, 4.69) is 5.10 Å². The number of urea groups is 1. The molecule has 0 aliphatic heterocycles. The number of phenolic OH excluding ortho intramolecular Hbond substituents is 2. The Hall–Kier alpha value is -2.24. The fourth-order valence-corrected chi connectivity index (χ4v) is 0.807. The number of amides is 2. The summed E-state index contributed by atoms with van der Waals surface area (Å²) in [5.74, 6) is -0.192. The van der Waals surface area contributed by atoms with Gasteiger partial charge in [0.1, 0.15) is 11.5 Å². The third-order valence-electron chi connectivity index (χ3n) is 1.39. The lowest BCUT2D eigenvalue weighted by Crippen LogP contribution is -2.24. The summed E-state index contributed by atoms with van der Waals surface area (Å²) >= 11 is 0. The third kappa shape index (κ3) is 2.67. The number of nitrogens with two attached hydrogens (primary N) is 1. The van der Waals surface area contributed by atoms with Gasteiger partial charge in [0.15, 0.2) is 0 Å². The molecule has 0 heterocycles. The zero-order valence-electron chi connectivity index (χ0n) is 7.14. The van der Waals surface area contributed by atoms with E-state index in [9.17, 15) is 9.90 Å². The van der Waals surface area contributed by atoms with E-state index in [0.29, 0.717) is 5.56 Å². The maximum Gasteiger partial charge on any atom is 0.332 e. The molecule has 0 radical (unpaired) electrons. The van der Waals surface area contributed by atoms with Gasteiger partial charge in [0.2, 0.25) is 0 Å². The molecule has 0 unspecified atom stereocenters. The minimum absolute atomic E-state index is 0.0532. The zero-order chi connectivity index (χ0) is 10.6. The van der Waals surface area contributed by atoms with Gasteiger partial charge in [-0.15, -0.1) is 0 Å².